The normalized spacial score (nSPS) is 10.5. The van der Waals surface area contributed by atoms with Gasteiger partial charge in [-0.05, 0) is 49.7 Å². The number of aliphatic hydroxyl groups is 1. The van der Waals surface area contributed by atoms with Gasteiger partial charge in [-0.25, -0.2) is 9.37 Å². The zero-order chi connectivity index (χ0) is 13.8. The lowest BCUT2D eigenvalue weighted by Gasteiger charge is -2.23. The van der Waals surface area contributed by atoms with Gasteiger partial charge in [0.1, 0.15) is 11.6 Å². The van der Waals surface area contributed by atoms with E-state index in [1.807, 2.05) is 30.9 Å². The summed E-state index contributed by atoms with van der Waals surface area (Å²) in [5.41, 5.74) is 2.52. The van der Waals surface area contributed by atoms with Gasteiger partial charge in [0.25, 0.3) is 0 Å². The molecular weight excluding hydrogens is 243 g/mol. The minimum Gasteiger partial charge on any atom is -0.392 e. The standard InChI is InChI=1S/C15H17FN2O/c1-3-18(14-7-5-13(16)6-8-14)15-9-4-12(10-19)11(2)17-15/h4-9,19H,3,10H2,1-2H3. The molecule has 2 aromatic rings. The first-order valence-electron chi connectivity index (χ1n) is 6.26. The van der Waals surface area contributed by atoms with Gasteiger partial charge in [-0.1, -0.05) is 6.07 Å². The number of hydrogen-bond donors (Lipinski definition) is 1. The third-order valence-electron chi connectivity index (χ3n) is 3.08. The molecule has 0 aliphatic rings. The SMILES string of the molecule is CCN(c1ccc(F)cc1)c1ccc(CO)c(C)n1. The van der Waals surface area contributed by atoms with Crippen LogP contribution in [0.4, 0.5) is 15.9 Å². The van der Waals surface area contributed by atoms with Gasteiger partial charge in [-0.3, -0.25) is 0 Å². The molecule has 1 heterocycles. The van der Waals surface area contributed by atoms with Crippen LogP contribution in [0.15, 0.2) is 36.4 Å². The average molecular weight is 260 g/mol. The topological polar surface area (TPSA) is 36.4 Å². The van der Waals surface area contributed by atoms with Crippen molar-refractivity contribution in [2.45, 2.75) is 20.5 Å². The summed E-state index contributed by atoms with van der Waals surface area (Å²) in [6, 6.07) is 10.1. The monoisotopic (exact) mass is 260 g/mol. The molecule has 0 aliphatic carbocycles. The Balaban J connectivity index is 2.36. The predicted octanol–water partition coefficient (Wildman–Crippen LogP) is 3.18. The van der Waals surface area contributed by atoms with E-state index in [1.165, 1.54) is 12.1 Å². The van der Waals surface area contributed by atoms with Crippen LogP contribution in [0.2, 0.25) is 0 Å². The van der Waals surface area contributed by atoms with E-state index in [2.05, 4.69) is 4.98 Å². The number of benzene rings is 1. The molecule has 0 spiro atoms. The number of hydrogen-bond acceptors (Lipinski definition) is 3. The highest BCUT2D eigenvalue weighted by Gasteiger charge is 2.10. The Kier molecular flexibility index (Phi) is 4.12. The first-order valence-corrected chi connectivity index (χ1v) is 6.26. The second kappa shape index (κ2) is 5.80. The van der Waals surface area contributed by atoms with E-state index in [1.54, 1.807) is 12.1 Å². The molecular formula is C15H17FN2O. The molecule has 1 aromatic carbocycles. The summed E-state index contributed by atoms with van der Waals surface area (Å²) in [6.45, 7) is 4.60. The molecule has 0 bridgehead atoms. The van der Waals surface area contributed by atoms with Gasteiger partial charge in [0.05, 0.1) is 6.61 Å². The molecule has 1 N–H and O–H groups in total. The first kappa shape index (κ1) is 13.5. The van der Waals surface area contributed by atoms with Crippen LogP contribution in [0, 0.1) is 12.7 Å². The van der Waals surface area contributed by atoms with Crippen molar-refractivity contribution >= 4 is 11.5 Å². The number of pyridine rings is 1. The van der Waals surface area contributed by atoms with E-state index in [-0.39, 0.29) is 12.4 Å². The minimum absolute atomic E-state index is 0.0121. The van der Waals surface area contributed by atoms with Crippen LogP contribution in [0.25, 0.3) is 0 Å². The Morgan fingerprint density at radius 1 is 1.16 bits per heavy atom. The number of aliphatic hydroxyl groups excluding tert-OH is 1. The van der Waals surface area contributed by atoms with Crippen molar-refractivity contribution in [3.8, 4) is 0 Å². The zero-order valence-corrected chi connectivity index (χ0v) is 11.1. The molecule has 2 rings (SSSR count). The summed E-state index contributed by atoms with van der Waals surface area (Å²) < 4.78 is 13.0. The van der Waals surface area contributed by atoms with Crippen LogP contribution in [0.3, 0.4) is 0 Å². The number of rotatable bonds is 4. The molecule has 0 radical (unpaired) electrons. The van der Waals surface area contributed by atoms with E-state index in [0.717, 1.165) is 29.3 Å². The average Bonchev–Trinajstić information content (AvgIpc) is 2.42. The maximum atomic E-state index is 13.0. The van der Waals surface area contributed by atoms with Gasteiger partial charge < -0.3 is 10.0 Å². The molecule has 0 fully saturated rings. The molecule has 0 saturated carbocycles. The molecule has 1 aromatic heterocycles. The minimum atomic E-state index is -0.250. The Morgan fingerprint density at radius 3 is 2.37 bits per heavy atom. The predicted molar refractivity (Wildman–Crippen MR) is 74.0 cm³/mol. The fraction of sp³-hybridized carbons (Fsp3) is 0.267. The molecule has 4 heteroatoms. The van der Waals surface area contributed by atoms with Gasteiger partial charge in [-0.2, -0.15) is 0 Å². The highest BCUT2D eigenvalue weighted by Crippen LogP contribution is 2.24. The van der Waals surface area contributed by atoms with Crippen LogP contribution >= 0.6 is 0 Å². The van der Waals surface area contributed by atoms with Crippen molar-refractivity contribution in [3.05, 3.63) is 53.5 Å². The molecule has 0 unspecified atom stereocenters. The molecule has 0 amide bonds. The summed E-state index contributed by atoms with van der Waals surface area (Å²) in [7, 11) is 0. The van der Waals surface area contributed by atoms with E-state index in [4.69, 9.17) is 5.11 Å². The summed E-state index contributed by atoms with van der Waals surface area (Å²) in [5.74, 6) is 0.545. The lowest BCUT2D eigenvalue weighted by atomic mass is 10.2. The van der Waals surface area contributed by atoms with Gasteiger partial charge in [0.2, 0.25) is 0 Å². The largest absolute Gasteiger partial charge is 0.392 e. The van der Waals surface area contributed by atoms with E-state index < -0.39 is 0 Å². The van der Waals surface area contributed by atoms with Crippen LogP contribution < -0.4 is 4.90 Å². The molecule has 100 valence electrons. The van der Waals surface area contributed by atoms with Crippen molar-refractivity contribution in [1.29, 1.82) is 0 Å². The van der Waals surface area contributed by atoms with Crippen LogP contribution in [0.5, 0.6) is 0 Å². The van der Waals surface area contributed by atoms with Gasteiger partial charge in [0, 0.05) is 17.9 Å². The number of halogens is 1. The molecule has 3 nitrogen and oxygen atoms in total. The number of nitrogens with zero attached hydrogens (tertiary/aromatic N) is 2. The Bertz CT molecular complexity index is 555. The van der Waals surface area contributed by atoms with Crippen molar-refractivity contribution in [1.82, 2.24) is 4.98 Å². The maximum Gasteiger partial charge on any atom is 0.133 e. The third-order valence-corrected chi connectivity index (χ3v) is 3.08. The van der Waals surface area contributed by atoms with E-state index in [0.29, 0.717) is 0 Å². The lowest BCUT2D eigenvalue weighted by Crippen LogP contribution is -2.18. The van der Waals surface area contributed by atoms with Crippen LogP contribution in [0.1, 0.15) is 18.2 Å². The highest BCUT2D eigenvalue weighted by molar-refractivity contribution is 5.60. The molecule has 0 atom stereocenters. The summed E-state index contributed by atoms with van der Waals surface area (Å²) in [6.07, 6.45) is 0. The second-order valence-electron chi connectivity index (χ2n) is 4.29. The quantitative estimate of drug-likeness (QED) is 0.917. The number of aryl methyl sites for hydroxylation is 1. The van der Waals surface area contributed by atoms with Gasteiger partial charge >= 0.3 is 0 Å². The smallest absolute Gasteiger partial charge is 0.133 e. The van der Waals surface area contributed by atoms with E-state index in [9.17, 15) is 4.39 Å². The van der Waals surface area contributed by atoms with Crippen LogP contribution in [-0.4, -0.2) is 16.6 Å². The zero-order valence-electron chi connectivity index (χ0n) is 11.1. The van der Waals surface area contributed by atoms with Crippen molar-refractivity contribution in [2.75, 3.05) is 11.4 Å². The maximum absolute atomic E-state index is 13.0. The Hall–Kier alpha value is -1.94. The van der Waals surface area contributed by atoms with Crippen molar-refractivity contribution < 1.29 is 9.50 Å². The molecule has 0 aliphatic heterocycles. The summed E-state index contributed by atoms with van der Waals surface area (Å²) >= 11 is 0. The highest BCUT2D eigenvalue weighted by atomic mass is 19.1. The lowest BCUT2D eigenvalue weighted by molar-refractivity contribution is 0.280. The van der Waals surface area contributed by atoms with Gasteiger partial charge in [0.15, 0.2) is 0 Å². The third kappa shape index (κ3) is 2.90. The molecule has 0 saturated heterocycles. The second-order valence-corrected chi connectivity index (χ2v) is 4.29. The van der Waals surface area contributed by atoms with Gasteiger partial charge in [-0.15, -0.1) is 0 Å². The van der Waals surface area contributed by atoms with E-state index >= 15 is 0 Å². The van der Waals surface area contributed by atoms with Crippen LogP contribution in [-0.2, 0) is 6.61 Å². The summed E-state index contributed by atoms with van der Waals surface area (Å²) in [4.78, 5) is 6.48. The number of anilines is 2. The Labute approximate surface area is 112 Å². The van der Waals surface area contributed by atoms with Crippen molar-refractivity contribution in [2.24, 2.45) is 0 Å². The first-order chi connectivity index (χ1) is 9.15. The fourth-order valence-corrected chi connectivity index (χ4v) is 1.99. The Morgan fingerprint density at radius 2 is 1.84 bits per heavy atom. The van der Waals surface area contributed by atoms with Crippen molar-refractivity contribution in [3.63, 3.8) is 0 Å². The fourth-order valence-electron chi connectivity index (χ4n) is 1.99. The number of aromatic nitrogens is 1. The summed E-state index contributed by atoms with van der Waals surface area (Å²) in [5, 5.41) is 9.16. The molecule has 19 heavy (non-hydrogen) atoms.